The second kappa shape index (κ2) is 6.62. The number of hydrogen-bond acceptors (Lipinski definition) is 6. The minimum absolute atomic E-state index is 0.0302. The molecule has 0 spiro atoms. The van der Waals surface area contributed by atoms with Gasteiger partial charge in [-0.15, -0.1) is 0 Å². The molecule has 2 heterocycles. The molecule has 1 unspecified atom stereocenters. The zero-order valence-corrected chi connectivity index (χ0v) is 12.3. The second-order valence-corrected chi connectivity index (χ2v) is 5.13. The first-order chi connectivity index (χ1) is 10.4. The topological polar surface area (TPSA) is 133 Å². The number of aromatic nitrogens is 2. The van der Waals surface area contributed by atoms with Crippen molar-refractivity contribution in [2.24, 2.45) is 0 Å². The van der Waals surface area contributed by atoms with Crippen LogP contribution in [0.4, 0.5) is 0 Å². The molecule has 3 atom stereocenters. The van der Waals surface area contributed by atoms with E-state index in [1.165, 1.54) is 19.4 Å². The van der Waals surface area contributed by atoms with Crippen molar-refractivity contribution >= 4 is 35.0 Å². The third-order valence-corrected chi connectivity index (χ3v) is 3.34. The van der Waals surface area contributed by atoms with E-state index in [-0.39, 0.29) is 11.4 Å². The number of carboxylic acids is 1. The smallest absolute Gasteiger partial charge is 0.326 e. The Hall–Kier alpha value is -2.33. The first-order valence-electron chi connectivity index (χ1n) is 6.39. The standard InChI is InChI=1S/C12H14N4O5S/c1-5-9(17)16-11(22)8(21-5)10(18)15-7(12(19)20)2-6-3-13-4-14-6/h3-5,7-8H,2H2,1H3,(H,13,14)(H,15,18)(H,19,20)(H,16,17,22)/t5-,7+,8?/m1/s1. The van der Waals surface area contributed by atoms with E-state index in [2.05, 4.69) is 20.6 Å². The molecular weight excluding hydrogens is 312 g/mol. The van der Waals surface area contributed by atoms with E-state index in [4.69, 9.17) is 17.0 Å². The quantitative estimate of drug-likeness (QED) is 0.497. The van der Waals surface area contributed by atoms with E-state index in [1.807, 2.05) is 0 Å². The Balaban J connectivity index is 2.03. The van der Waals surface area contributed by atoms with Crippen LogP contribution < -0.4 is 10.6 Å². The summed E-state index contributed by atoms with van der Waals surface area (Å²) in [5, 5.41) is 13.9. The molecule has 10 heteroatoms. The van der Waals surface area contributed by atoms with Crippen LogP contribution >= 0.6 is 12.2 Å². The van der Waals surface area contributed by atoms with Gasteiger partial charge in [0.25, 0.3) is 11.8 Å². The number of hydrogen-bond donors (Lipinski definition) is 4. The molecule has 0 bridgehead atoms. The van der Waals surface area contributed by atoms with E-state index in [0.717, 1.165) is 0 Å². The Labute approximate surface area is 130 Å². The minimum atomic E-state index is -1.21. The van der Waals surface area contributed by atoms with Crippen LogP contribution in [0.25, 0.3) is 0 Å². The Bertz CT molecular complexity index is 603. The lowest BCUT2D eigenvalue weighted by Gasteiger charge is -2.28. The molecule has 1 aromatic heterocycles. The molecule has 2 amide bonds. The summed E-state index contributed by atoms with van der Waals surface area (Å²) in [7, 11) is 0. The molecule has 0 saturated carbocycles. The number of carbonyl (C=O) groups is 3. The van der Waals surface area contributed by atoms with Crippen LogP contribution in [0, 0.1) is 0 Å². The van der Waals surface area contributed by atoms with Gasteiger partial charge >= 0.3 is 5.97 Å². The summed E-state index contributed by atoms with van der Waals surface area (Å²) < 4.78 is 5.21. The van der Waals surface area contributed by atoms with Gasteiger partial charge in [-0.1, -0.05) is 12.2 Å². The molecule has 0 aliphatic carbocycles. The summed E-state index contributed by atoms with van der Waals surface area (Å²) in [5.41, 5.74) is 0.557. The molecule has 1 aliphatic rings. The predicted molar refractivity (Wildman–Crippen MR) is 76.9 cm³/mol. The molecule has 1 aromatic rings. The van der Waals surface area contributed by atoms with Crippen molar-refractivity contribution in [2.75, 3.05) is 0 Å². The normalized spacial score (nSPS) is 22.8. The SMILES string of the molecule is C[C@H]1OC(C(=O)N[C@@H](Cc2cnc[nH]2)C(=O)O)C(=S)NC1=O. The second-order valence-electron chi connectivity index (χ2n) is 4.69. The number of aromatic amines is 1. The summed E-state index contributed by atoms with van der Waals surface area (Å²) in [4.78, 5) is 41.2. The lowest BCUT2D eigenvalue weighted by Crippen LogP contribution is -2.58. The first-order valence-corrected chi connectivity index (χ1v) is 6.80. The number of aliphatic carboxylic acids is 1. The van der Waals surface area contributed by atoms with E-state index >= 15 is 0 Å². The van der Waals surface area contributed by atoms with E-state index in [1.54, 1.807) is 0 Å². The Kier molecular flexibility index (Phi) is 4.83. The minimum Gasteiger partial charge on any atom is -0.480 e. The molecular formula is C12H14N4O5S. The molecule has 1 fully saturated rings. The third kappa shape index (κ3) is 3.65. The predicted octanol–water partition coefficient (Wildman–Crippen LogP) is -1.25. The molecule has 22 heavy (non-hydrogen) atoms. The van der Waals surface area contributed by atoms with Crippen LogP contribution in [0.15, 0.2) is 12.5 Å². The summed E-state index contributed by atoms with van der Waals surface area (Å²) in [6.45, 7) is 1.47. The fraction of sp³-hybridized carbons (Fsp3) is 0.417. The number of ether oxygens (including phenoxy) is 1. The van der Waals surface area contributed by atoms with Crippen molar-refractivity contribution in [3.05, 3.63) is 18.2 Å². The summed E-state index contributed by atoms with van der Waals surface area (Å²) in [5.74, 6) is -2.37. The average Bonchev–Trinajstić information content (AvgIpc) is 2.94. The van der Waals surface area contributed by atoms with Gasteiger partial charge in [0.05, 0.1) is 6.33 Å². The van der Waals surface area contributed by atoms with Crippen LogP contribution in [-0.4, -0.2) is 56.1 Å². The summed E-state index contributed by atoms with van der Waals surface area (Å²) in [6, 6.07) is -1.17. The fourth-order valence-corrected chi connectivity index (χ4v) is 2.12. The Morgan fingerprint density at radius 1 is 1.59 bits per heavy atom. The van der Waals surface area contributed by atoms with Gasteiger partial charge in [-0.25, -0.2) is 9.78 Å². The van der Waals surface area contributed by atoms with Crippen molar-refractivity contribution in [3.63, 3.8) is 0 Å². The lowest BCUT2D eigenvalue weighted by atomic mass is 10.1. The number of nitrogens with zero attached hydrogens (tertiary/aromatic N) is 1. The van der Waals surface area contributed by atoms with Crippen LogP contribution in [0.1, 0.15) is 12.6 Å². The maximum Gasteiger partial charge on any atom is 0.326 e. The van der Waals surface area contributed by atoms with Gasteiger partial charge in [0.1, 0.15) is 17.1 Å². The van der Waals surface area contributed by atoms with Crippen LogP contribution in [0.2, 0.25) is 0 Å². The van der Waals surface area contributed by atoms with Crippen LogP contribution in [0.5, 0.6) is 0 Å². The number of imidazole rings is 1. The molecule has 1 saturated heterocycles. The molecule has 4 N–H and O–H groups in total. The van der Waals surface area contributed by atoms with Crippen molar-refractivity contribution in [3.8, 4) is 0 Å². The molecule has 9 nitrogen and oxygen atoms in total. The molecule has 0 radical (unpaired) electrons. The van der Waals surface area contributed by atoms with Gasteiger partial charge in [-0.2, -0.15) is 0 Å². The number of nitrogens with one attached hydrogen (secondary N) is 3. The first kappa shape index (κ1) is 16.0. The number of carbonyl (C=O) groups excluding carboxylic acids is 2. The highest BCUT2D eigenvalue weighted by Crippen LogP contribution is 2.08. The molecule has 1 aliphatic heterocycles. The largest absolute Gasteiger partial charge is 0.480 e. The fourth-order valence-electron chi connectivity index (χ4n) is 1.86. The average molecular weight is 326 g/mol. The number of thiocarbonyl (C=S) groups is 1. The number of morpholine rings is 1. The molecule has 0 aromatic carbocycles. The highest BCUT2D eigenvalue weighted by Gasteiger charge is 2.36. The van der Waals surface area contributed by atoms with Gasteiger partial charge in [-0.05, 0) is 6.92 Å². The summed E-state index contributed by atoms with van der Waals surface area (Å²) in [6.07, 6.45) is 0.853. The van der Waals surface area contributed by atoms with Gasteiger partial charge in [0.2, 0.25) is 0 Å². The van der Waals surface area contributed by atoms with E-state index < -0.39 is 36.0 Å². The highest BCUT2D eigenvalue weighted by molar-refractivity contribution is 7.80. The van der Waals surface area contributed by atoms with Crippen LogP contribution in [0.3, 0.4) is 0 Å². The summed E-state index contributed by atoms with van der Waals surface area (Å²) >= 11 is 4.89. The van der Waals surface area contributed by atoms with Crippen LogP contribution in [-0.2, 0) is 25.5 Å². The van der Waals surface area contributed by atoms with Gasteiger partial charge in [0.15, 0.2) is 6.10 Å². The lowest BCUT2D eigenvalue weighted by molar-refractivity contribution is -0.147. The van der Waals surface area contributed by atoms with E-state index in [0.29, 0.717) is 5.69 Å². The zero-order chi connectivity index (χ0) is 16.3. The van der Waals surface area contributed by atoms with Crippen molar-refractivity contribution < 1.29 is 24.2 Å². The molecule has 2 rings (SSSR count). The highest BCUT2D eigenvalue weighted by atomic mass is 32.1. The van der Waals surface area contributed by atoms with Gasteiger partial charge < -0.3 is 25.5 Å². The maximum atomic E-state index is 12.1. The monoisotopic (exact) mass is 326 g/mol. The molecule has 118 valence electrons. The van der Waals surface area contributed by atoms with Gasteiger partial charge in [0, 0.05) is 18.3 Å². The Morgan fingerprint density at radius 2 is 2.32 bits per heavy atom. The maximum absolute atomic E-state index is 12.1. The van der Waals surface area contributed by atoms with E-state index in [9.17, 15) is 19.5 Å². The van der Waals surface area contributed by atoms with Crippen molar-refractivity contribution in [1.29, 1.82) is 0 Å². The Morgan fingerprint density at radius 3 is 2.91 bits per heavy atom. The number of H-pyrrole nitrogens is 1. The van der Waals surface area contributed by atoms with Crippen molar-refractivity contribution in [2.45, 2.75) is 31.6 Å². The third-order valence-electron chi connectivity index (χ3n) is 3.03. The number of carboxylic acid groups (broad SMARTS) is 1. The van der Waals surface area contributed by atoms with Crippen molar-refractivity contribution in [1.82, 2.24) is 20.6 Å². The number of rotatable bonds is 5. The van der Waals surface area contributed by atoms with Gasteiger partial charge in [-0.3, -0.25) is 9.59 Å². The number of amides is 2. The zero-order valence-electron chi connectivity index (χ0n) is 11.5.